The molecule has 96 valence electrons. The zero-order chi connectivity index (χ0) is 12.8. The van der Waals surface area contributed by atoms with E-state index in [0.717, 1.165) is 0 Å². The zero-order valence-electron chi connectivity index (χ0n) is 9.68. The lowest BCUT2D eigenvalue weighted by atomic mass is 10.2. The van der Waals surface area contributed by atoms with Crippen LogP contribution in [0.3, 0.4) is 0 Å². The van der Waals surface area contributed by atoms with Crippen molar-refractivity contribution in [1.82, 2.24) is 0 Å². The number of hydrogen-bond donors (Lipinski definition) is 1. The van der Waals surface area contributed by atoms with Gasteiger partial charge in [0.25, 0.3) is 0 Å². The van der Waals surface area contributed by atoms with E-state index >= 15 is 0 Å². The van der Waals surface area contributed by atoms with Gasteiger partial charge in [-0.3, -0.25) is 4.79 Å². The quantitative estimate of drug-likeness (QED) is 0.480. The first kappa shape index (κ1) is 15.3. The maximum atomic E-state index is 10.4. The van der Waals surface area contributed by atoms with Crippen LogP contribution in [0.5, 0.6) is 0 Å². The molecule has 0 rings (SSSR count). The Kier molecular flexibility index (Phi) is 5.91. The lowest BCUT2D eigenvalue weighted by Gasteiger charge is -2.29. The molecule has 0 aromatic rings. The third kappa shape index (κ3) is 9.88. The second-order valence-corrected chi connectivity index (χ2v) is 6.02. The van der Waals surface area contributed by atoms with E-state index in [9.17, 15) is 17.8 Å². The molecule has 0 atom stereocenters. The van der Waals surface area contributed by atoms with Crippen molar-refractivity contribution in [2.45, 2.75) is 19.3 Å². The van der Waals surface area contributed by atoms with Gasteiger partial charge in [0.15, 0.2) is 0 Å². The van der Waals surface area contributed by atoms with E-state index in [1.807, 2.05) is 14.1 Å². The van der Waals surface area contributed by atoms with E-state index in [1.165, 1.54) is 0 Å². The van der Waals surface area contributed by atoms with E-state index < -0.39 is 16.1 Å². The van der Waals surface area contributed by atoms with E-state index in [4.69, 9.17) is 5.11 Å². The Balaban J connectivity index is 3.82. The van der Waals surface area contributed by atoms with Crippen LogP contribution in [0.2, 0.25) is 0 Å². The molecular formula is C9H19NO5S. The van der Waals surface area contributed by atoms with Crippen molar-refractivity contribution >= 4 is 16.1 Å². The predicted molar refractivity (Wildman–Crippen MR) is 57.9 cm³/mol. The number of hydrogen-bond acceptors (Lipinski definition) is 4. The zero-order valence-corrected chi connectivity index (χ0v) is 10.5. The number of carboxylic acids is 1. The maximum absolute atomic E-state index is 10.4. The summed E-state index contributed by atoms with van der Waals surface area (Å²) in [5, 5.41) is 8.47. The summed E-state index contributed by atoms with van der Waals surface area (Å²) in [5.74, 6) is -1.18. The summed E-state index contributed by atoms with van der Waals surface area (Å²) in [4.78, 5) is 10.3. The molecule has 0 amide bonds. The number of aliphatic carboxylic acids is 1. The number of quaternary nitrogens is 1. The van der Waals surface area contributed by atoms with Gasteiger partial charge in [-0.15, -0.1) is 0 Å². The van der Waals surface area contributed by atoms with E-state index in [2.05, 4.69) is 0 Å². The molecule has 1 N–H and O–H groups in total. The molecule has 0 aliphatic rings. The van der Waals surface area contributed by atoms with Gasteiger partial charge in [-0.05, 0) is 0 Å². The standard InChI is InChI=1S/C9H19NO5S/c1-10(2,6-3-5-9(11)12)7-4-8-16(13,14)15/h3-8H2,1-2H3,(H-,11,12,13,14,15). The fourth-order valence-electron chi connectivity index (χ4n) is 1.44. The minimum atomic E-state index is -4.13. The van der Waals surface area contributed by atoms with Crippen LogP contribution in [-0.4, -0.2) is 61.5 Å². The van der Waals surface area contributed by atoms with E-state index in [1.54, 1.807) is 0 Å². The molecule has 0 heterocycles. The molecule has 16 heavy (non-hydrogen) atoms. The van der Waals surface area contributed by atoms with Crippen molar-refractivity contribution in [2.75, 3.05) is 32.9 Å². The minimum absolute atomic E-state index is 0.113. The second-order valence-electron chi connectivity index (χ2n) is 4.50. The smallest absolute Gasteiger partial charge is 0.303 e. The van der Waals surface area contributed by atoms with Crippen LogP contribution in [0.1, 0.15) is 19.3 Å². The van der Waals surface area contributed by atoms with Crippen LogP contribution >= 0.6 is 0 Å². The van der Waals surface area contributed by atoms with Crippen molar-refractivity contribution in [3.05, 3.63) is 0 Å². The average molecular weight is 253 g/mol. The Hall–Kier alpha value is -0.660. The highest BCUT2D eigenvalue weighted by atomic mass is 32.2. The van der Waals surface area contributed by atoms with Crippen molar-refractivity contribution < 1.29 is 27.4 Å². The van der Waals surface area contributed by atoms with Gasteiger partial charge in [-0.25, -0.2) is 8.42 Å². The predicted octanol–water partition coefficient (Wildman–Crippen LogP) is -0.137. The van der Waals surface area contributed by atoms with Gasteiger partial charge in [0, 0.05) is 18.6 Å². The molecule has 7 heteroatoms. The third-order valence-electron chi connectivity index (χ3n) is 2.31. The first-order valence-electron chi connectivity index (χ1n) is 5.10. The summed E-state index contributed by atoms with van der Waals surface area (Å²) in [6, 6.07) is 0. The van der Waals surface area contributed by atoms with Gasteiger partial charge in [-0.1, -0.05) is 0 Å². The molecule has 0 bridgehead atoms. The number of rotatable bonds is 8. The summed E-state index contributed by atoms with van der Waals surface area (Å²) in [6.07, 6.45) is 0.972. The Labute approximate surface area is 96.2 Å². The summed E-state index contributed by atoms with van der Waals surface area (Å²) >= 11 is 0. The van der Waals surface area contributed by atoms with E-state index in [-0.39, 0.29) is 12.2 Å². The van der Waals surface area contributed by atoms with Gasteiger partial charge in [0.1, 0.15) is 0 Å². The molecule has 0 radical (unpaired) electrons. The summed E-state index contributed by atoms with van der Waals surface area (Å²) in [7, 11) is -0.358. The van der Waals surface area contributed by atoms with Crippen LogP contribution in [0.15, 0.2) is 0 Å². The first-order valence-corrected chi connectivity index (χ1v) is 6.67. The normalized spacial score (nSPS) is 12.7. The second kappa shape index (κ2) is 6.17. The van der Waals surface area contributed by atoms with Crippen LogP contribution in [-0.2, 0) is 14.9 Å². The van der Waals surface area contributed by atoms with Crippen molar-refractivity contribution in [3.63, 3.8) is 0 Å². The molecular weight excluding hydrogens is 234 g/mol. The minimum Gasteiger partial charge on any atom is -0.748 e. The van der Waals surface area contributed by atoms with Crippen molar-refractivity contribution in [1.29, 1.82) is 0 Å². The molecule has 0 unspecified atom stereocenters. The van der Waals surface area contributed by atoms with Crippen LogP contribution < -0.4 is 0 Å². The number of nitrogens with zero attached hydrogens (tertiary/aromatic N) is 1. The Bertz CT molecular complexity index is 323. The monoisotopic (exact) mass is 253 g/mol. The molecule has 0 fully saturated rings. The topological polar surface area (TPSA) is 94.5 Å². The highest BCUT2D eigenvalue weighted by molar-refractivity contribution is 7.85. The number of carbonyl (C=O) groups is 1. The molecule has 0 saturated heterocycles. The number of carboxylic acid groups (broad SMARTS) is 1. The summed E-state index contributed by atoms with van der Waals surface area (Å²) in [5.41, 5.74) is 0. The molecule has 0 saturated carbocycles. The third-order valence-corrected chi connectivity index (χ3v) is 3.10. The van der Waals surface area contributed by atoms with E-state index in [0.29, 0.717) is 30.4 Å². The molecule has 0 spiro atoms. The highest BCUT2D eigenvalue weighted by Crippen LogP contribution is 2.04. The summed E-state index contributed by atoms with van der Waals surface area (Å²) in [6.45, 7) is 1.21. The maximum Gasteiger partial charge on any atom is 0.303 e. The Morgan fingerprint density at radius 3 is 2.19 bits per heavy atom. The fourth-order valence-corrected chi connectivity index (χ4v) is 1.92. The summed E-state index contributed by atoms with van der Waals surface area (Å²) < 4.78 is 31.7. The van der Waals surface area contributed by atoms with Crippen LogP contribution in [0.4, 0.5) is 0 Å². The van der Waals surface area contributed by atoms with Gasteiger partial charge < -0.3 is 14.1 Å². The molecule has 0 aromatic heterocycles. The Morgan fingerprint density at radius 2 is 1.75 bits per heavy atom. The van der Waals surface area contributed by atoms with Gasteiger partial charge in [0.2, 0.25) is 0 Å². The van der Waals surface area contributed by atoms with Gasteiger partial charge in [0.05, 0.1) is 43.7 Å². The molecule has 0 aromatic carbocycles. The molecule has 0 aliphatic carbocycles. The SMILES string of the molecule is C[N+](C)(CCCC(=O)O)CCCS(=O)(=O)[O-]. The average Bonchev–Trinajstić information content (AvgIpc) is 1.99. The molecule has 0 aliphatic heterocycles. The van der Waals surface area contributed by atoms with Crippen LogP contribution in [0.25, 0.3) is 0 Å². The van der Waals surface area contributed by atoms with Crippen molar-refractivity contribution in [2.24, 2.45) is 0 Å². The lowest BCUT2D eigenvalue weighted by molar-refractivity contribution is -0.890. The largest absolute Gasteiger partial charge is 0.748 e. The Morgan fingerprint density at radius 1 is 1.25 bits per heavy atom. The molecule has 6 nitrogen and oxygen atoms in total. The highest BCUT2D eigenvalue weighted by Gasteiger charge is 2.15. The van der Waals surface area contributed by atoms with Gasteiger partial charge in [-0.2, -0.15) is 0 Å². The fraction of sp³-hybridized carbons (Fsp3) is 0.889. The van der Waals surface area contributed by atoms with Crippen LogP contribution in [0, 0.1) is 0 Å². The first-order chi connectivity index (χ1) is 7.12. The van der Waals surface area contributed by atoms with Gasteiger partial charge >= 0.3 is 5.97 Å². The lowest BCUT2D eigenvalue weighted by Crippen LogP contribution is -2.42. The van der Waals surface area contributed by atoms with Crippen molar-refractivity contribution in [3.8, 4) is 0 Å².